The minimum Gasteiger partial charge on any atom is -0.461 e. The van der Waals surface area contributed by atoms with Crippen LogP contribution in [0.15, 0.2) is 68.4 Å². The first-order valence-electron chi connectivity index (χ1n) is 8.93. The molecule has 0 atom stereocenters. The largest absolute Gasteiger partial charge is 0.461 e. The summed E-state index contributed by atoms with van der Waals surface area (Å²) in [5.74, 6) is 0.673. The van der Waals surface area contributed by atoms with E-state index in [1.165, 1.54) is 0 Å². The van der Waals surface area contributed by atoms with Gasteiger partial charge in [-0.15, -0.1) is 13.2 Å². The number of hydrogen-bond acceptors (Lipinski definition) is 5. The molecule has 0 aliphatic heterocycles. The fourth-order valence-electron chi connectivity index (χ4n) is 2.20. The molecule has 0 aromatic carbocycles. The topological polar surface area (TPSA) is 51.7 Å². The van der Waals surface area contributed by atoms with Crippen molar-refractivity contribution in [1.82, 2.24) is 4.98 Å². The van der Waals surface area contributed by atoms with E-state index >= 15 is 0 Å². The Kier molecular flexibility index (Phi) is 14.0. The molecule has 5 heteroatoms. The number of pyridine rings is 1. The average Bonchev–Trinajstić information content (AvgIpc) is 2.72. The van der Waals surface area contributed by atoms with Crippen LogP contribution in [0.3, 0.4) is 0 Å². The number of aryl methyl sites for hydroxylation is 1. The number of aromatic nitrogens is 1. The Morgan fingerprint density at radius 1 is 1.30 bits per heavy atom. The Morgan fingerprint density at radius 3 is 2.56 bits per heavy atom. The molecular formula is C22H32N2O3. The molecule has 1 heterocycles. The summed E-state index contributed by atoms with van der Waals surface area (Å²) in [6, 6.07) is 3.97. The molecule has 0 N–H and O–H groups in total. The van der Waals surface area contributed by atoms with E-state index < -0.39 is 0 Å². The van der Waals surface area contributed by atoms with Crippen LogP contribution in [0.1, 0.15) is 18.9 Å². The van der Waals surface area contributed by atoms with Gasteiger partial charge in [-0.1, -0.05) is 37.5 Å². The van der Waals surface area contributed by atoms with Gasteiger partial charge in [0.25, 0.3) is 0 Å². The number of methoxy groups -OCH3 is 1. The van der Waals surface area contributed by atoms with Crippen molar-refractivity contribution in [3.63, 3.8) is 0 Å². The minimum atomic E-state index is -0.240. The van der Waals surface area contributed by atoms with E-state index in [1.807, 2.05) is 18.3 Å². The zero-order valence-electron chi connectivity index (χ0n) is 16.7. The van der Waals surface area contributed by atoms with Crippen molar-refractivity contribution in [1.29, 1.82) is 0 Å². The Labute approximate surface area is 163 Å². The highest BCUT2D eigenvalue weighted by molar-refractivity contribution is 5.70. The van der Waals surface area contributed by atoms with Gasteiger partial charge >= 0.3 is 5.97 Å². The molecule has 27 heavy (non-hydrogen) atoms. The summed E-state index contributed by atoms with van der Waals surface area (Å²) in [6.07, 6.45) is 7.80. The smallest absolute Gasteiger partial charge is 0.306 e. The molecule has 0 amide bonds. The van der Waals surface area contributed by atoms with Crippen LogP contribution in [0.2, 0.25) is 0 Å². The number of rotatable bonds is 12. The molecule has 0 saturated carbocycles. The molecule has 0 fully saturated rings. The molecule has 5 nitrogen and oxygen atoms in total. The maximum absolute atomic E-state index is 11.8. The lowest BCUT2D eigenvalue weighted by Crippen LogP contribution is -2.27. The van der Waals surface area contributed by atoms with Crippen molar-refractivity contribution in [3.05, 3.63) is 74.0 Å². The number of carbonyl (C=O) groups is 1. The number of allylic oxidation sites excluding steroid dienone is 2. The van der Waals surface area contributed by atoms with E-state index in [9.17, 15) is 4.79 Å². The molecule has 1 aromatic heterocycles. The van der Waals surface area contributed by atoms with Crippen LogP contribution in [-0.4, -0.2) is 44.4 Å². The standard InChI is InChI=1S/C20H28N2O3.C2H4/c1-5-8-17(6-2)16-25-20(23)12-10-18-9-11-19(21-15-18)22(7-3)13-14-24-4;1-2/h5-6,8-9,11,15H,1-2,7,10,12-14,16H2,3-4H3;1-2H2/b17-8+;. The van der Waals surface area contributed by atoms with Crippen LogP contribution < -0.4 is 4.90 Å². The van der Waals surface area contributed by atoms with E-state index in [0.717, 1.165) is 30.0 Å². The van der Waals surface area contributed by atoms with Crippen LogP contribution in [0.5, 0.6) is 0 Å². The molecule has 1 aromatic rings. The molecule has 148 valence electrons. The maximum Gasteiger partial charge on any atom is 0.306 e. The Hall–Kier alpha value is -2.66. The number of anilines is 1. The second-order valence-electron chi connectivity index (χ2n) is 5.44. The van der Waals surface area contributed by atoms with Crippen molar-refractivity contribution < 1.29 is 14.3 Å². The molecule has 0 bridgehead atoms. The fraction of sp³-hybridized carbons (Fsp3) is 0.364. The first-order valence-corrected chi connectivity index (χ1v) is 8.93. The molecule has 1 rings (SSSR count). The lowest BCUT2D eigenvalue weighted by Gasteiger charge is -2.21. The quantitative estimate of drug-likeness (QED) is 0.314. The van der Waals surface area contributed by atoms with Crippen LogP contribution in [0, 0.1) is 0 Å². The van der Waals surface area contributed by atoms with Gasteiger partial charge in [0.05, 0.1) is 6.61 Å². The third-order valence-electron chi connectivity index (χ3n) is 3.69. The number of esters is 1. The van der Waals surface area contributed by atoms with Gasteiger partial charge in [-0.3, -0.25) is 4.79 Å². The average molecular weight is 373 g/mol. The molecule has 0 saturated heterocycles. The van der Waals surface area contributed by atoms with Crippen molar-refractivity contribution >= 4 is 11.8 Å². The molecule has 0 aliphatic carbocycles. The van der Waals surface area contributed by atoms with Gasteiger partial charge in [-0.2, -0.15) is 0 Å². The minimum absolute atomic E-state index is 0.219. The lowest BCUT2D eigenvalue weighted by atomic mass is 10.1. The highest BCUT2D eigenvalue weighted by atomic mass is 16.5. The van der Waals surface area contributed by atoms with E-state index in [-0.39, 0.29) is 12.6 Å². The van der Waals surface area contributed by atoms with Crippen molar-refractivity contribution in [3.8, 4) is 0 Å². The molecule has 0 aliphatic rings. The van der Waals surface area contributed by atoms with Crippen molar-refractivity contribution in [2.45, 2.75) is 19.8 Å². The number of likely N-dealkylation sites (N-methyl/N-ethyl adjacent to an activating group) is 1. The van der Waals surface area contributed by atoms with E-state index in [4.69, 9.17) is 9.47 Å². The van der Waals surface area contributed by atoms with Crippen LogP contribution in [-0.2, 0) is 20.7 Å². The lowest BCUT2D eigenvalue weighted by molar-refractivity contribution is -0.142. The molecular weight excluding hydrogens is 340 g/mol. The van der Waals surface area contributed by atoms with Crippen LogP contribution >= 0.6 is 0 Å². The number of carbonyl (C=O) groups excluding carboxylic acids is 1. The van der Waals surface area contributed by atoms with Crippen LogP contribution in [0.4, 0.5) is 5.82 Å². The highest BCUT2D eigenvalue weighted by Crippen LogP contribution is 2.12. The van der Waals surface area contributed by atoms with Gasteiger partial charge in [0, 0.05) is 32.8 Å². The summed E-state index contributed by atoms with van der Waals surface area (Å²) in [7, 11) is 1.69. The predicted molar refractivity (Wildman–Crippen MR) is 113 cm³/mol. The fourth-order valence-corrected chi connectivity index (χ4v) is 2.20. The van der Waals surface area contributed by atoms with Crippen molar-refractivity contribution in [2.75, 3.05) is 38.3 Å². The Bertz CT molecular complexity index is 594. The van der Waals surface area contributed by atoms with Gasteiger partial charge in [0.1, 0.15) is 12.4 Å². The third kappa shape index (κ3) is 10.2. The van der Waals surface area contributed by atoms with E-state index in [1.54, 1.807) is 25.3 Å². The molecule has 0 spiro atoms. The monoisotopic (exact) mass is 372 g/mol. The molecule has 0 radical (unpaired) electrons. The van der Waals surface area contributed by atoms with Crippen LogP contribution in [0.25, 0.3) is 0 Å². The molecule has 0 unspecified atom stereocenters. The summed E-state index contributed by atoms with van der Waals surface area (Å²) in [5.41, 5.74) is 1.83. The first kappa shape index (κ1) is 24.3. The zero-order valence-corrected chi connectivity index (χ0v) is 16.7. The summed E-state index contributed by atoms with van der Waals surface area (Å²) >= 11 is 0. The first-order chi connectivity index (χ1) is 13.1. The Balaban J connectivity index is 0.00000326. The van der Waals surface area contributed by atoms with E-state index in [0.29, 0.717) is 19.4 Å². The second-order valence-corrected chi connectivity index (χ2v) is 5.44. The third-order valence-corrected chi connectivity index (χ3v) is 3.69. The Morgan fingerprint density at radius 2 is 2.04 bits per heavy atom. The van der Waals surface area contributed by atoms with E-state index in [2.05, 4.69) is 43.1 Å². The SMILES string of the molecule is C=C.C=C/C=C(\C=C)COC(=O)CCc1ccc(N(CC)CCOC)nc1. The van der Waals surface area contributed by atoms with Gasteiger partial charge in [0.2, 0.25) is 0 Å². The summed E-state index contributed by atoms with van der Waals surface area (Å²) in [5, 5.41) is 0. The highest BCUT2D eigenvalue weighted by Gasteiger charge is 2.07. The van der Waals surface area contributed by atoms with Crippen molar-refractivity contribution in [2.24, 2.45) is 0 Å². The normalized spacial score (nSPS) is 10.4. The maximum atomic E-state index is 11.8. The summed E-state index contributed by atoms with van der Waals surface area (Å²) in [4.78, 5) is 18.4. The zero-order chi connectivity index (χ0) is 20.5. The van der Waals surface area contributed by atoms with Gasteiger partial charge in [0.15, 0.2) is 0 Å². The number of hydrogen-bond donors (Lipinski definition) is 0. The number of ether oxygens (including phenoxy) is 2. The summed E-state index contributed by atoms with van der Waals surface area (Å²) in [6.45, 7) is 17.9. The van der Waals surface area contributed by atoms with Gasteiger partial charge in [-0.05, 0) is 30.5 Å². The van der Waals surface area contributed by atoms with Gasteiger partial charge < -0.3 is 14.4 Å². The van der Waals surface area contributed by atoms with Gasteiger partial charge in [-0.25, -0.2) is 4.98 Å². The predicted octanol–water partition coefficient (Wildman–Crippen LogP) is 4.13. The second kappa shape index (κ2) is 15.6. The number of nitrogens with zero attached hydrogens (tertiary/aromatic N) is 2. The summed E-state index contributed by atoms with van der Waals surface area (Å²) < 4.78 is 10.3.